The molecule has 3 aromatic rings. The SMILES string of the molecule is O=C(Nc1n[nH]c2cc(-c3cccc(CNS(=O)(=O)CC(F)(F)F)c3)ccc12)C1CC1. The second kappa shape index (κ2) is 7.97. The zero-order valence-corrected chi connectivity index (χ0v) is 17.0. The molecule has 1 heterocycles. The first kappa shape index (κ1) is 21.3. The Labute approximate surface area is 176 Å². The van der Waals surface area contributed by atoms with Crippen molar-refractivity contribution in [2.75, 3.05) is 11.1 Å². The second-order valence-electron chi connectivity index (χ2n) is 7.49. The third-order valence-electron chi connectivity index (χ3n) is 4.86. The molecular formula is C20H19F3N4O3S. The van der Waals surface area contributed by atoms with Gasteiger partial charge in [0, 0.05) is 17.8 Å². The van der Waals surface area contributed by atoms with Gasteiger partial charge in [-0.15, -0.1) is 0 Å². The van der Waals surface area contributed by atoms with Crippen molar-refractivity contribution in [3.63, 3.8) is 0 Å². The first-order valence-corrected chi connectivity index (χ1v) is 11.2. The average Bonchev–Trinajstić information content (AvgIpc) is 3.47. The van der Waals surface area contributed by atoms with Crippen LogP contribution in [0.4, 0.5) is 19.0 Å². The molecule has 0 radical (unpaired) electrons. The van der Waals surface area contributed by atoms with Gasteiger partial charge in [-0.2, -0.15) is 18.3 Å². The van der Waals surface area contributed by atoms with Gasteiger partial charge >= 0.3 is 6.18 Å². The van der Waals surface area contributed by atoms with Gasteiger partial charge in [0.25, 0.3) is 0 Å². The van der Waals surface area contributed by atoms with Crippen molar-refractivity contribution in [1.29, 1.82) is 0 Å². The maximum Gasteiger partial charge on any atom is 0.404 e. The largest absolute Gasteiger partial charge is 0.404 e. The van der Waals surface area contributed by atoms with Crippen LogP contribution in [0.15, 0.2) is 42.5 Å². The van der Waals surface area contributed by atoms with Gasteiger partial charge in [0.05, 0.1) is 5.52 Å². The van der Waals surface area contributed by atoms with E-state index in [1.165, 1.54) is 0 Å². The van der Waals surface area contributed by atoms with E-state index in [2.05, 4.69) is 15.5 Å². The fourth-order valence-corrected chi connectivity index (χ4v) is 4.10. The minimum absolute atomic E-state index is 0.0434. The van der Waals surface area contributed by atoms with E-state index in [0.717, 1.165) is 29.4 Å². The first-order valence-electron chi connectivity index (χ1n) is 9.52. The highest BCUT2D eigenvalue weighted by atomic mass is 32.2. The topological polar surface area (TPSA) is 104 Å². The number of hydrogen-bond donors (Lipinski definition) is 3. The molecule has 0 unspecified atom stereocenters. The van der Waals surface area contributed by atoms with Crippen LogP contribution in [0.25, 0.3) is 22.0 Å². The normalized spacial score (nSPS) is 14.7. The van der Waals surface area contributed by atoms with Crippen LogP contribution in [0.2, 0.25) is 0 Å². The molecule has 0 aliphatic heterocycles. The number of nitrogens with one attached hydrogen (secondary N) is 3. The number of carbonyl (C=O) groups excluding carboxylic acids is 1. The number of halogens is 3. The number of aromatic amines is 1. The Hall–Kier alpha value is -2.92. The van der Waals surface area contributed by atoms with E-state index in [0.29, 0.717) is 16.9 Å². The number of hydrogen-bond acceptors (Lipinski definition) is 4. The molecule has 1 fully saturated rings. The summed E-state index contributed by atoms with van der Waals surface area (Å²) < 4.78 is 62.2. The number of carbonyl (C=O) groups is 1. The summed E-state index contributed by atoms with van der Waals surface area (Å²) in [4.78, 5) is 12.0. The molecule has 3 N–H and O–H groups in total. The summed E-state index contributed by atoms with van der Waals surface area (Å²) in [5, 5.41) is 10.6. The van der Waals surface area contributed by atoms with Crippen molar-refractivity contribution in [2.45, 2.75) is 25.6 Å². The molecule has 4 rings (SSSR count). The Kier molecular flexibility index (Phi) is 5.48. The number of alkyl halides is 3. The van der Waals surface area contributed by atoms with Gasteiger partial charge in [0.1, 0.15) is 0 Å². The minimum atomic E-state index is -4.80. The summed E-state index contributed by atoms with van der Waals surface area (Å²) in [5.74, 6) is -1.44. The Morgan fingerprint density at radius 3 is 2.58 bits per heavy atom. The quantitative estimate of drug-likeness (QED) is 0.510. The summed E-state index contributed by atoms with van der Waals surface area (Å²) in [6.45, 7) is -0.254. The molecule has 1 saturated carbocycles. The van der Waals surface area contributed by atoms with Crippen molar-refractivity contribution in [3.8, 4) is 11.1 Å². The molecule has 1 amide bonds. The maximum atomic E-state index is 12.4. The van der Waals surface area contributed by atoms with Crippen molar-refractivity contribution < 1.29 is 26.4 Å². The van der Waals surface area contributed by atoms with E-state index >= 15 is 0 Å². The standard InChI is InChI=1S/C20H19F3N4O3S/c21-20(22,23)11-31(29,30)24-10-12-2-1-3-14(8-12)15-6-7-16-17(9-15)26-27-18(16)25-19(28)13-4-5-13/h1-3,6-9,13,24H,4-5,10-11H2,(H2,25,26,27,28). The lowest BCUT2D eigenvalue weighted by Crippen LogP contribution is -2.33. The molecule has 0 atom stereocenters. The average molecular weight is 452 g/mol. The third-order valence-corrected chi connectivity index (χ3v) is 6.15. The smallest absolute Gasteiger partial charge is 0.308 e. The van der Waals surface area contributed by atoms with Crippen molar-refractivity contribution >= 4 is 32.7 Å². The predicted molar refractivity (Wildman–Crippen MR) is 110 cm³/mol. The number of rotatable bonds is 7. The number of nitrogens with zero attached hydrogens (tertiary/aromatic N) is 1. The molecule has 31 heavy (non-hydrogen) atoms. The highest BCUT2D eigenvalue weighted by Gasteiger charge is 2.35. The lowest BCUT2D eigenvalue weighted by Gasteiger charge is -2.10. The maximum absolute atomic E-state index is 12.4. The second-order valence-corrected chi connectivity index (χ2v) is 9.30. The molecule has 0 spiro atoms. The van der Waals surface area contributed by atoms with E-state index < -0.39 is 22.0 Å². The molecule has 0 saturated heterocycles. The van der Waals surface area contributed by atoms with Crippen LogP contribution < -0.4 is 10.0 Å². The number of aromatic nitrogens is 2. The van der Waals surface area contributed by atoms with Gasteiger partial charge in [0.15, 0.2) is 11.6 Å². The van der Waals surface area contributed by atoms with E-state index in [4.69, 9.17) is 0 Å². The van der Waals surface area contributed by atoms with Crippen LogP contribution >= 0.6 is 0 Å². The van der Waals surface area contributed by atoms with Crippen LogP contribution in [0.5, 0.6) is 0 Å². The number of amides is 1. The van der Waals surface area contributed by atoms with Gasteiger partial charge in [-0.05, 0) is 47.7 Å². The van der Waals surface area contributed by atoms with Gasteiger partial charge in [-0.3, -0.25) is 9.89 Å². The molecule has 2 aromatic carbocycles. The summed E-state index contributed by atoms with van der Waals surface area (Å²) in [7, 11) is -4.48. The molecule has 1 aromatic heterocycles. The Bertz CT molecular complexity index is 1230. The highest BCUT2D eigenvalue weighted by molar-refractivity contribution is 7.89. The Morgan fingerprint density at radius 1 is 1.13 bits per heavy atom. The molecule has 1 aliphatic carbocycles. The van der Waals surface area contributed by atoms with Gasteiger partial charge < -0.3 is 5.32 Å². The Morgan fingerprint density at radius 2 is 1.87 bits per heavy atom. The fraction of sp³-hybridized carbons (Fsp3) is 0.300. The first-order chi connectivity index (χ1) is 14.6. The lowest BCUT2D eigenvalue weighted by atomic mass is 10.0. The zero-order chi connectivity index (χ0) is 22.2. The van der Waals surface area contributed by atoms with Gasteiger partial charge in [0.2, 0.25) is 15.9 Å². The van der Waals surface area contributed by atoms with Crippen LogP contribution in [-0.2, 0) is 21.4 Å². The van der Waals surface area contributed by atoms with Gasteiger partial charge in [-0.25, -0.2) is 13.1 Å². The summed E-state index contributed by atoms with van der Waals surface area (Å²) in [6, 6.07) is 12.3. The highest BCUT2D eigenvalue weighted by Crippen LogP contribution is 2.32. The van der Waals surface area contributed by atoms with E-state index in [9.17, 15) is 26.4 Å². The van der Waals surface area contributed by atoms with E-state index in [-0.39, 0.29) is 18.4 Å². The zero-order valence-electron chi connectivity index (χ0n) is 16.2. The monoisotopic (exact) mass is 452 g/mol. The summed E-state index contributed by atoms with van der Waals surface area (Å²) >= 11 is 0. The summed E-state index contributed by atoms with van der Waals surface area (Å²) in [5.41, 5.74) is 2.79. The number of benzene rings is 2. The van der Waals surface area contributed by atoms with Crippen molar-refractivity contribution in [1.82, 2.24) is 14.9 Å². The van der Waals surface area contributed by atoms with Crippen LogP contribution in [-0.4, -0.2) is 36.5 Å². The van der Waals surface area contributed by atoms with E-state index in [1.807, 2.05) is 22.9 Å². The third kappa shape index (κ3) is 5.42. The van der Waals surface area contributed by atoms with Crippen molar-refractivity contribution in [3.05, 3.63) is 48.0 Å². The number of sulfonamides is 1. The van der Waals surface area contributed by atoms with Crippen LogP contribution in [0, 0.1) is 5.92 Å². The van der Waals surface area contributed by atoms with E-state index in [1.54, 1.807) is 24.3 Å². The van der Waals surface area contributed by atoms with Crippen LogP contribution in [0.1, 0.15) is 18.4 Å². The van der Waals surface area contributed by atoms with Crippen LogP contribution in [0.3, 0.4) is 0 Å². The Balaban J connectivity index is 1.50. The molecule has 11 heteroatoms. The minimum Gasteiger partial charge on any atom is -0.308 e. The molecule has 0 bridgehead atoms. The van der Waals surface area contributed by atoms with Crippen molar-refractivity contribution in [2.24, 2.45) is 5.92 Å². The number of fused-ring (bicyclic) bond motifs is 1. The number of H-pyrrole nitrogens is 1. The summed E-state index contributed by atoms with van der Waals surface area (Å²) in [6.07, 6.45) is -3.02. The molecule has 7 nitrogen and oxygen atoms in total. The predicted octanol–water partition coefficient (Wildman–Crippen LogP) is 3.56. The molecular weight excluding hydrogens is 433 g/mol. The fourth-order valence-electron chi connectivity index (χ4n) is 3.18. The molecule has 1 aliphatic rings. The number of anilines is 1. The lowest BCUT2D eigenvalue weighted by molar-refractivity contribution is -0.117. The van der Waals surface area contributed by atoms with Gasteiger partial charge in [-0.1, -0.05) is 24.3 Å². The molecule has 164 valence electrons.